The van der Waals surface area contributed by atoms with E-state index >= 15 is 0 Å². The lowest BCUT2D eigenvalue weighted by Crippen LogP contribution is -2.41. The van der Waals surface area contributed by atoms with Gasteiger partial charge in [-0.05, 0) is 60.8 Å². The van der Waals surface area contributed by atoms with Gasteiger partial charge in [0.1, 0.15) is 5.75 Å². The molecule has 31 heavy (non-hydrogen) atoms. The van der Waals surface area contributed by atoms with Crippen molar-refractivity contribution in [3.05, 3.63) is 75.3 Å². The minimum atomic E-state index is -3.28. The third-order valence-electron chi connectivity index (χ3n) is 5.91. The number of halogens is 1. The van der Waals surface area contributed by atoms with Gasteiger partial charge in [-0.2, -0.15) is 0 Å². The van der Waals surface area contributed by atoms with Crippen molar-refractivity contribution in [2.75, 3.05) is 5.75 Å². The average Bonchev–Trinajstić information content (AvgIpc) is 2.96. The minimum Gasteiger partial charge on any atom is -0.507 e. The van der Waals surface area contributed by atoms with E-state index in [1.807, 2.05) is 49.4 Å². The molecule has 8 heteroatoms. The van der Waals surface area contributed by atoms with Gasteiger partial charge < -0.3 is 14.8 Å². The molecule has 4 rings (SSSR count). The van der Waals surface area contributed by atoms with Crippen LogP contribution in [0.15, 0.2) is 64.1 Å². The molecule has 5 nitrogen and oxygen atoms in total. The number of fused-ring (bicyclic) bond motifs is 1. The molecule has 0 unspecified atom stereocenters. The maximum absolute atomic E-state index is 12.5. The van der Waals surface area contributed by atoms with E-state index in [9.17, 15) is 18.5 Å². The van der Waals surface area contributed by atoms with Crippen molar-refractivity contribution in [2.24, 2.45) is 0 Å². The number of sulfone groups is 1. The Morgan fingerprint density at radius 2 is 2.00 bits per heavy atom. The normalized spacial score (nSPS) is 23.2. The summed E-state index contributed by atoms with van der Waals surface area (Å²) in [6, 6.07) is 15.1. The van der Waals surface area contributed by atoms with Crippen LogP contribution in [0.2, 0.25) is 6.32 Å². The SMILES string of the molecule is CC1=C2[C@@H](CC/C(=C/c3cc(Br)ccc3O)c3ccccc3)OB(O)C[C@@H]2S(=O)(=O)C1. The maximum Gasteiger partial charge on any atom is 0.456 e. The van der Waals surface area contributed by atoms with E-state index in [1.54, 1.807) is 12.1 Å². The van der Waals surface area contributed by atoms with Gasteiger partial charge in [0.25, 0.3) is 0 Å². The molecular formula is C23H24BBrO5S. The van der Waals surface area contributed by atoms with Crippen LogP contribution >= 0.6 is 15.9 Å². The Hall–Kier alpha value is -1.87. The minimum absolute atomic E-state index is 0.0346. The van der Waals surface area contributed by atoms with Crippen LogP contribution in [0.5, 0.6) is 5.75 Å². The van der Waals surface area contributed by atoms with Crippen molar-refractivity contribution in [2.45, 2.75) is 37.4 Å². The van der Waals surface area contributed by atoms with Crippen LogP contribution in [0.25, 0.3) is 11.6 Å². The van der Waals surface area contributed by atoms with Crippen molar-refractivity contribution >= 4 is 44.5 Å². The third-order valence-corrected chi connectivity index (χ3v) is 8.56. The number of benzene rings is 2. The fourth-order valence-electron chi connectivity index (χ4n) is 4.50. The summed E-state index contributed by atoms with van der Waals surface area (Å²) in [7, 11) is -4.36. The van der Waals surface area contributed by atoms with Crippen molar-refractivity contribution in [1.82, 2.24) is 0 Å². The van der Waals surface area contributed by atoms with Gasteiger partial charge in [0, 0.05) is 16.4 Å². The van der Waals surface area contributed by atoms with E-state index < -0.39 is 28.3 Å². The molecule has 2 heterocycles. The number of aromatic hydroxyl groups is 1. The van der Waals surface area contributed by atoms with Gasteiger partial charge in [-0.3, -0.25) is 0 Å². The zero-order valence-electron chi connectivity index (χ0n) is 17.2. The molecule has 0 radical (unpaired) electrons. The summed E-state index contributed by atoms with van der Waals surface area (Å²) in [5.74, 6) is 0.217. The molecule has 0 spiro atoms. The molecule has 2 N–H and O–H groups in total. The average molecular weight is 503 g/mol. The molecule has 2 atom stereocenters. The Kier molecular flexibility index (Phi) is 6.44. The number of rotatable bonds is 5. The van der Waals surface area contributed by atoms with Crippen LogP contribution < -0.4 is 0 Å². The molecule has 2 aliphatic rings. The Labute approximate surface area is 191 Å². The van der Waals surface area contributed by atoms with Crippen molar-refractivity contribution in [3.63, 3.8) is 0 Å². The van der Waals surface area contributed by atoms with Crippen LogP contribution in [0.1, 0.15) is 30.9 Å². The van der Waals surface area contributed by atoms with Gasteiger partial charge in [-0.15, -0.1) is 0 Å². The zero-order chi connectivity index (χ0) is 22.2. The van der Waals surface area contributed by atoms with Crippen LogP contribution in [-0.4, -0.2) is 42.8 Å². The summed E-state index contributed by atoms with van der Waals surface area (Å²) >= 11 is 3.45. The first-order chi connectivity index (χ1) is 14.7. The molecular weight excluding hydrogens is 479 g/mol. The van der Waals surface area contributed by atoms with Crippen molar-refractivity contribution in [3.8, 4) is 5.75 Å². The Morgan fingerprint density at radius 3 is 2.74 bits per heavy atom. The van der Waals surface area contributed by atoms with Gasteiger partial charge in [0.2, 0.25) is 0 Å². The Bertz CT molecular complexity index is 1140. The molecule has 162 valence electrons. The highest BCUT2D eigenvalue weighted by Crippen LogP contribution is 2.40. The number of phenolic OH excluding ortho intramolecular Hbond substituents is 1. The molecule has 0 amide bonds. The van der Waals surface area contributed by atoms with E-state index in [4.69, 9.17) is 4.65 Å². The smallest absolute Gasteiger partial charge is 0.456 e. The Morgan fingerprint density at radius 1 is 1.26 bits per heavy atom. The van der Waals surface area contributed by atoms with Gasteiger partial charge in [-0.1, -0.05) is 51.8 Å². The van der Waals surface area contributed by atoms with Crippen LogP contribution in [0.4, 0.5) is 0 Å². The van der Waals surface area contributed by atoms with E-state index in [-0.39, 0.29) is 17.8 Å². The quantitative estimate of drug-likeness (QED) is 0.358. The standard InChI is InChI=1S/C23H24BBrO5S/c1-15-14-31(28,29)22-13-24(27)30-21(23(15)22)10-7-17(16-5-3-2-4-6-16)11-18-12-19(25)8-9-20(18)26/h2-6,8-9,11-12,21-22,26-27H,7,10,13-14H2,1H3/b17-11-/t21-,22+/m1/s1. The predicted octanol–water partition coefficient (Wildman–Crippen LogP) is 4.47. The highest BCUT2D eigenvalue weighted by atomic mass is 79.9. The number of hydrogen-bond donors (Lipinski definition) is 2. The predicted molar refractivity (Wildman–Crippen MR) is 127 cm³/mol. The topological polar surface area (TPSA) is 83.8 Å². The molecule has 0 aromatic heterocycles. The number of hydrogen-bond acceptors (Lipinski definition) is 5. The first kappa shape index (κ1) is 22.3. The van der Waals surface area contributed by atoms with E-state index in [1.165, 1.54) is 0 Å². The Balaban J connectivity index is 1.65. The third kappa shape index (κ3) is 4.82. The molecule has 1 fully saturated rings. The van der Waals surface area contributed by atoms with E-state index in [0.717, 1.165) is 26.8 Å². The molecule has 2 aromatic rings. The summed E-state index contributed by atoms with van der Waals surface area (Å²) in [4.78, 5) is 0. The van der Waals surface area contributed by atoms with Crippen LogP contribution in [0, 0.1) is 0 Å². The van der Waals surface area contributed by atoms with Crippen molar-refractivity contribution < 1.29 is 23.2 Å². The monoisotopic (exact) mass is 502 g/mol. The lowest BCUT2D eigenvalue weighted by Gasteiger charge is -2.32. The lowest BCUT2D eigenvalue weighted by molar-refractivity contribution is 0.171. The molecule has 1 saturated heterocycles. The van der Waals surface area contributed by atoms with Gasteiger partial charge in [0.05, 0.1) is 17.1 Å². The second kappa shape index (κ2) is 8.94. The molecule has 2 aliphatic heterocycles. The molecule has 0 bridgehead atoms. The first-order valence-electron chi connectivity index (χ1n) is 10.2. The largest absolute Gasteiger partial charge is 0.507 e. The zero-order valence-corrected chi connectivity index (χ0v) is 19.6. The van der Waals surface area contributed by atoms with E-state index in [2.05, 4.69) is 15.9 Å². The maximum atomic E-state index is 12.5. The van der Waals surface area contributed by atoms with Crippen LogP contribution in [-0.2, 0) is 14.5 Å². The number of allylic oxidation sites excluding steroid dienone is 1. The van der Waals surface area contributed by atoms with Crippen LogP contribution in [0.3, 0.4) is 0 Å². The molecule has 0 saturated carbocycles. The molecule has 2 aromatic carbocycles. The summed E-state index contributed by atoms with van der Waals surface area (Å²) in [6.07, 6.45) is 2.72. The number of phenols is 1. The summed E-state index contributed by atoms with van der Waals surface area (Å²) in [5, 5.41) is 19.8. The summed E-state index contributed by atoms with van der Waals surface area (Å²) in [5.41, 5.74) is 4.34. The fraction of sp³-hybridized carbons (Fsp3) is 0.304. The van der Waals surface area contributed by atoms with Gasteiger partial charge in [0.15, 0.2) is 9.84 Å². The fourth-order valence-corrected chi connectivity index (χ4v) is 7.05. The second-order valence-electron chi connectivity index (χ2n) is 8.12. The summed E-state index contributed by atoms with van der Waals surface area (Å²) < 4.78 is 31.7. The summed E-state index contributed by atoms with van der Waals surface area (Å²) in [6.45, 7) is 1.84. The highest BCUT2D eigenvalue weighted by Gasteiger charge is 2.47. The van der Waals surface area contributed by atoms with E-state index in [0.29, 0.717) is 18.4 Å². The first-order valence-corrected chi connectivity index (χ1v) is 12.7. The highest BCUT2D eigenvalue weighted by molar-refractivity contribution is 9.10. The molecule has 0 aliphatic carbocycles. The van der Waals surface area contributed by atoms with Gasteiger partial charge in [-0.25, -0.2) is 8.42 Å². The van der Waals surface area contributed by atoms with Gasteiger partial charge >= 0.3 is 7.12 Å². The second-order valence-corrected chi connectivity index (χ2v) is 11.2. The lowest BCUT2D eigenvalue weighted by atomic mass is 9.74. The van der Waals surface area contributed by atoms with Crippen molar-refractivity contribution in [1.29, 1.82) is 0 Å².